The predicted molar refractivity (Wildman–Crippen MR) is 89.1 cm³/mol. The molecule has 1 atom stereocenters. The van der Waals surface area contributed by atoms with Crippen molar-refractivity contribution >= 4 is 5.91 Å². The van der Waals surface area contributed by atoms with Gasteiger partial charge in [-0.05, 0) is 43.0 Å². The maximum Gasteiger partial charge on any atom is 0.276 e. The van der Waals surface area contributed by atoms with E-state index in [4.69, 9.17) is 9.47 Å². The molecule has 0 bridgehead atoms. The first-order valence-corrected chi connectivity index (χ1v) is 8.40. The maximum atomic E-state index is 12.9. The first kappa shape index (κ1) is 15.1. The summed E-state index contributed by atoms with van der Waals surface area (Å²) >= 11 is 0. The fourth-order valence-electron chi connectivity index (χ4n) is 3.01. The molecule has 0 spiro atoms. The van der Waals surface area contributed by atoms with Crippen LogP contribution in [0.4, 0.5) is 0 Å². The summed E-state index contributed by atoms with van der Waals surface area (Å²) in [6, 6.07) is 13.0. The molecular weight excluding hydrogens is 304 g/mol. The highest BCUT2D eigenvalue weighted by atomic mass is 16.5. The van der Waals surface area contributed by atoms with Crippen molar-refractivity contribution in [2.45, 2.75) is 18.9 Å². The number of para-hydroxylation sites is 1. The summed E-state index contributed by atoms with van der Waals surface area (Å²) in [6.07, 6.45) is 4.21. The molecule has 2 heterocycles. The molecule has 1 unspecified atom stereocenters. The Bertz CT molecular complexity index is 716. The summed E-state index contributed by atoms with van der Waals surface area (Å²) in [5, 5.41) is 0. The lowest BCUT2D eigenvalue weighted by atomic mass is 10.1. The number of carbonyl (C=O) groups excluding carboxylic acids is 1. The fraction of sp³-hybridized carbons (Fsp3) is 0.368. The number of nitrogens with zero attached hydrogens (tertiary/aromatic N) is 2. The summed E-state index contributed by atoms with van der Waals surface area (Å²) in [5.74, 6) is 1.71. The number of carbonyl (C=O) groups is 1. The maximum absolute atomic E-state index is 12.9. The van der Waals surface area contributed by atoms with Crippen LogP contribution >= 0.6 is 0 Å². The van der Waals surface area contributed by atoms with Crippen LogP contribution in [0, 0.1) is 5.92 Å². The Kier molecular flexibility index (Phi) is 4.17. The number of aromatic nitrogens is 1. The molecule has 2 aromatic rings. The zero-order valence-corrected chi connectivity index (χ0v) is 13.4. The molecule has 24 heavy (non-hydrogen) atoms. The first-order chi connectivity index (χ1) is 11.8. The fourth-order valence-corrected chi connectivity index (χ4v) is 3.01. The lowest BCUT2D eigenvalue weighted by Gasteiger charge is -2.33. The second kappa shape index (κ2) is 6.61. The van der Waals surface area contributed by atoms with E-state index in [0.29, 0.717) is 42.8 Å². The second-order valence-corrected chi connectivity index (χ2v) is 6.26. The molecular formula is C19H20N2O3. The summed E-state index contributed by atoms with van der Waals surface area (Å²) in [5.41, 5.74) is 0.359. The molecule has 2 fully saturated rings. The first-order valence-electron chi connectivity index (χ1n) is 8.40. The Hall–Kier alpha value is -2.40. The zero-order valence-electron chi connectivity index (χ0n) is 13.4. The molecule has 1 saturated carbocycles. The van der Waals surface area contributed by atoms with E-state index in [1.54, 1.807) is 18.3 Å². The normalized spacial score (nSPS) is 20.7. The van der Waals surface area contributed by atoms with Gasteiger partial charge in [0.1, 0.15) is 5.75 Å². The number of morpholine rings is 1. The highest BCUT2D eigenvalue weighted by Crippen LogP contribution is 2.36. The summed E-state index contributed by atoms with van der Waals surface area (Å²) < 4.78 is 11.7. The minimum Gasteiger partial charge on any atom is -0.455 e. The van der Waals surface area contributed by atoms with Crippen LogP contribution < -0.4 is 4.74 Å². The predicted octanol–water partition coefficient (Wildman–Crippen LogP) is 3.12. The van der Waals surface area contributed by atoms with Crippen LogP contribution in [0.2, 0.25) is 0 Å². The van der Waals surface area contributed by atoms with Crippen molar-refractivity contribution in [1.29, 1.82) is 0 Å². The van der Waals surface area contributed by atoms with Crippen LogP contribution in [-0.2, 0) is 4.74 Å². The average Bonchev–Trinajstić information content (AvgIpc) is 3.48. The summed E-state index contributed by atoms with van der Waals surface area (Å²) in [6.45, 7) is 1.84. The van der Waals surface area contributed by atoms with E-state index in [0.717, 1.165) is 0 Å². The molecule has 1 amide bonds. The van der Waals surface area contributed by atoms with Crippen molar-refractivity contribution in [2.75, 3.05) is 19.7 Å². The van der Waals surface area contributed by atoms with Gasteiger partial charge >= 0.3 is 0 Å². The van der Waals surface area contributed by atoms with Crippen molar-refractivity contribution < 1.29 is 14.3 Å². The number of amides is 1. The molecule has 0 N–H and O–H groups in total. The van der Waals surface area contributed by atoms with Gasteiger partial charge in [-0.15, -0.1) is 0 Å². The van der Waals surface area contributed by atoms with E-state index in [1.807, 2.05) is 35.2 Å². The quantitative estimate of drug-likeness (QED) is 0.867. The van der Waals surface area contributed by atoms with Gasteiger partial charge in [-0.1, -0.05) is 18.2 Å². The van der Waals surface area contributed by atoms with E-state index in [1.165, 1.54) is 12.8 Å². The standard InChI is InChI=1S/C19H20N2O3/c22-19(21-11-12-23-17(13-21)14-8-9-14)18-16(7-4-10-20-18)24-15-5-2-1-3-6-15/h1-7,10,14,17H,8-9,11-13H2. The number of ether oxygens (including phenoxy) is 2. The van der Waals surface area contributed by atoms with E-state index >= 15 is 0 Å². The Labute approximate surface area is 141 Å². The molecule has 5 heteroatoms. The van der Waals surface area contributed by atoms with E-state index in [9.17, 15) is 4.79 Å². The molecule has 5 nitrogen and oxygen atoms in total. The Morgan fingerprint density at radius 3 is 2.79 bits per heavy atom. The van der Waals surface area contributed by atoms with E-state index in [-0.39, 0.29) is 12.0 Å². The zero-order chi connectivity index (χ0) is 16.4. The van der Waals surface area contributed by atoms with Crippen LogP contribution in [0.5, 0.6) is 11.5 Å². The minimum absolute atomic E-state index is 0.0875. The monoisotopic (exact) mass is 324 g/mol. The van der Waals surface area contributed by atoms with E-state index < -0.39 is 0 Å². The van der Waals surface area contributed by atoms with Crippen molar-refractivity contribution in [3.05, 3.63) is 54.4 Å². The Morgan fingerprint density at radius 1 is 1.17 bits per heavy atom. The van der Waals surface area contributed by atoms with Gasteiger partial charge in [-0.25, -0.2) is 4.98 Å². The molecule has 0 radical (unpaired) electrons. The van der Waals surface area contributed by atoms with Crippen LogP contribution in [-0.4, -0.2) is 41.6 Å². The molecule has 124 valence electrons. The lowest BCUT2D eigenvalue weighted by Crippen LogP contribution is -2.46. The van der Waals surface area contributed by atoms with E-state index in [2.05, 4.69) is 4.98 Å². The van der Waals surface area contributed by atoms with Crippen molar-refractivity contribution in [3.8, 4) is 11.5 Å². The van der Waals surface area contributed by atoms with Gasteiger partial charge < -0.3 is 14.4 Å². The largest absolute Gasteiger partial charge is 0.455 e. The van der Waals surface area contributed by atoms with Gasteiger partial charge in [0.25, 0.3) is 5.91 Å². The Balaban J connectivity index is 1.53. The Morgan fingerprint density at radius 2 is 2.00 bits per heavy atom. The number of hydrogen-bond donors (Lipinski definition) is 0. The highest BCUT2D eigenvalue weighted by Gasteiger charge is 2.37. The van der Waals surface area contributed by atoms with Crippen molar-refractivity contribution in [1.82, 2.24) is 9.88 Å². The lowest BCUT2D eigenvalue weighted by molar-refractivity contribution is -0.0316. The van der Waals surface area contributed by atoms with Crippen LogP contribution in [0.3, 0.4) is 0 Å². The number of benzene rings is 1. The SMILES string of the molecule is O=C(c1ncccc1Oc1ccccc1)N1CCOC(C2CC2)C1. The van der Waals surface area contributed by atoms with Gasteiger partial charge in [0.05, 0.1) is 12.7 Å². The number of rotatable bonds is 4. The third kappa shape index (κ3) is 3.26. The highest BCUT2D eigenvalue weighted by molar-refractivity contribution is 5.95. The average molecular weight is 324 g/mol. The number of pyridine rings is 1. The third-order valence-corrected chi connectivity index (χ3v) is 4.47. The second-order valence-electron chi connectivity index (χ2n) is 6.26. The molecule has 1 aliphatic heterocycles. The van der Waals surface area contributed by atoms with Gasteiger partial charge in [0.2, 0.25) is 0 Å². The molecule has 1 aromatic carbocycles. The molecule has 4 rings (SSSR count). The number of hydrogen-bond acceptors (Lipinski definition) is 4. The van der Waals surface area contributed by atoms with Gasteiger partial charge in [-0.3, -0.25) is 4.79 Å². The van der Waals surface area contributed by atoms with Gasteiger partial charge in [0.15, 0.2) is 11.4 Å². The van der Waals surface area contributed by atoms with Crippen LogP contribution in [0.1, 0.15) is 23.3 Å². The summed E-state index contributed by atoms with van der Waals surface area (Å²) in [7, 11) is 0. The topological polar surface area (TPSA) is 51.7 Å². The van der Waals surface area contributed by atoms with Gasteiger partial charge in [-0.2, -0.15) is 0 Å². The molecule has 1 aliphatic carbocycles. The summed E-state index contributed by atoms with van der Waals surface area (Å²) in [4.78, 5) is 19.0. The van der Waals surface area contributed by atoms with Gasteiger partial charge in [0, 0.05) is 19.3 Å². The van der Waals surface area contributed by atoms with Crippen LogP contribution in [0.25, 0.3) is 0 Å². The van der Waals surface area contributed by atoms with Crippen molar-refractivity contribution in [2.24, 2.45) is 5.92 Å². The molecule has 2 aliphatic rings. The third-order valence-electron chi connectivity index (χ3n) is 4.47. The van der Waals surface area contributed by atoms with Crippen molar-refractivity contribution in [3.63, 3.8) is 0 Å². The van der Waals surface area contributed by atoms with Crippen LogP contribution in [0.15, 0.2) is 48.7 Å². The minimum atomic E-state index is -0.0875. The molecule has 1 aromatic heterocycles. The molecule has 1 saturated heterocycles. The smallest absolute Gasteiger partial charge is 0.276 e.